The molecule has 1 atom stereocenters. The summed E-state index contributed by atoms with van der Waals surface area (Å²) in [6.07, 6.45) is 2.97. The number of amides is 1. The Morgan fingerprint density at radius 2 is 1.93 bits per heavy atom. The van der Waals surface area contributed by atoms with Gasteiger partial charge in [-0.15, -0.1) is 0 Å². The lowest BCUT2D eigenvalue weighted by atomic mass is 9.94. The molecule has 4 rings (SSSR count). The zero-order valence-corrected chi connectivity index (χ0v) is 18.0. The van der Waals surface area contributed by atoms with Crippen LogP contribution in [0.1, 0.15) is 29.5 Å². The summed E-state index contributed by atoms with van der Waals surface area (Å²) >= 11 is 0. The minimum atomic E-state index is -0.133. The number of benzene rings is 2. The zero-order valence-electron chi connectivity index (χ0n) is 18.0. The van der Waals surface area contributed by atoms with Crippen molar-refractivity contribution in [2.75, 3.05) is 33.4 Å². The Morgan fingerprint density at radius 1 is 1.17 bits per heavy atom. The van der Waals surface area contributed by atoms with Gasteiger partial charge in [0.2, 0.25) is 5.91 Å². The van der Waals surface area contributed by atoms with Crippen LogP contribution in [0.4, 0.5) is 0 Å². The van der Waals surface area contributed by atoms with E-state index in [0.717, 1.165) is 56.1 Å². The molecule has 1 saturated heterocycles. The Hall–Kier alpha value is -2.53. The van der Waals surface area contributed by atoms with Crippen LogP contribution >= 0.6 is 0 Å². The van der Waals surface area contributed by atoms with Gasteiger partial charge in [-0.2, -0.15) is 0 Å². The number of nitrogens with zero attached hydrogens (tertiary/aromatic N) is 1. The molecule has 1 N–H and O–H groups in total. The molecule has 1 unspecified atom stereocenters. The summed E-state index contributed by atoms with van der Waals surface area (Å²) < 4.78 is 11.1. The molecule has 0 aromatic heterocycles. The minimum absolute atomic E-state index is 0.102. The Labute approximate surface area is 179 Å². The van der Waals surface area contributed by atoms with Crippen LogP contribution in [0.15, 0.2) is 42.5 Å². The van der Waals surface area contributed by atoms with Crippen molar-refractivity contribution in [2.24, 2.45) is 11.8 Å². The van der Waals surface area contributed by atoms with E-state index >= 15 is 0 Å². The number of methoxy groups -OCH3 is 1. The lowest BCUT2D eigenvalue weighted by Gasteiger charge is -2.32. The number of fused-ring (bicyclic) bond motifs is 1. The molecule has 5 heteroatoms. The molecule has 1 amide bonds. The third-order valence-corrected chi connectivity index (χ3v) is 6.34. The van der Waals surface area contributed by atoms with E-state index in [0.29, 0.717) is 18.9 Å². The van der Waals surface area contributed by atoms with E-state index in [1.807, 2.05) is 18.2 Å². The zero-order chi connectivity index (χ0) is 20.9. The fourth-order valence-electron chi connectivity index (χ4n) is 4.36. The van der Waals surface area contributed by atoms with Crippen molar-refractivity contribution < 1.29 is 14.3 Å². The second-order valence-electron chi connectivity index (χ2n) is 8.64. The standard InChI is InChI=1S/C25H32N2O3/c1-18-3-5-20(6-4-18)16-27-11-9-19(10-12-27)15-26-25(28)22-13-21-14-23(29-2)7-8-24(21)30-17-22/h3-8,14,19,22H,9-13,15-17H2,1-2H3,(H,26,28). The van der Waals surface area contributed by atoms with Gasteiger partial charge in [-0.1, -0.05) is 29.8 Å². The Balaban J connectivity index is 1.21. The highest BCUT2D eigenvalue weighted by Crippen LogP contribution is 2.30. The van der Waals surface area contributed by atoms with Gasteiger partial charge in [0.15, 0.2) is 0 Å². The maximum atomic E-state index is 12.7. The van der Waals surface area contributed by atoms with Gasteiger partial charge in [0.05, 0.1) is 13.0 Å². The van der Waals surface area contributed by atoms with Crippen molar-refractivity contribution in [2.45, 2.75) is 32.7 Å². The molecule has 2 heterocycles. The number of carbonyl (C=O) groups excluding carboxylic acids is 1. The second kappa shape index (κ2) is 9.52. The van der Waals surface area contributed by atoms with E-state index in [9.17, 15) is 4.79 Å². The number of nitrogens with one attached hydrogen (secondary N) is 1. The van der Waals surface area contributed by atoms with Gasteiger partial charge in [-0.05, 0) is 74.5 Å². The smallest absolute Gasteiger partial charge is 0.226 e. The van der Waals surface area contributed by atoms with Crippen LogP contribution in [0.3, 0.4) is 0 Å². The SMILES string of the molecule is COc1ccc2c(c1)CC(C(=O)NCC1CCN(Cc3ccc(C)cc3)CC1)CO2. The highest BCUT2D eigenvalue weighted by atomic mass is 16.5. The molecule has 0 radical (unpaired) electrons. The van der Waals surface area contributed by atoms with E-state index in [1.165, 1.54) is 11.1 Å². The quantitative estimate of drug-likeness (QED) is 0.794. The van der Waals surface area contributed by atoms with Gasteiger partial charge in [-0.25, -0.2) is 0 Å². The predicted molar refractivity (Wildman–Crippen MR) is 118 cm³/mol. The number of piperidine rings is 1. The summed E-state index contributed by atoms with van der Waals surface area (Å²) in [5.74, 6) is 2.19. The first-order valence-electron chi connectivity index (χ1n) is 11.0. The van der Waals surface area contributed by atoms with E-state index in [2.05, 4.69) is 41.4 Å². The minimum Gasteiger partial charge on any atom is -0.497 e. The van der Waals surface area contributed by atoms with Crippen molar-refractivity contribution in [1.29, 1.82) is 0 Å². The Kier molecular flexibility index (Phi) is 6.58. The number of hydrogen-bond donors (Lipinski definition) is 1. The molecular formula is C25H32N2O3. The monoisotopic (exact) mass is 408 g/mol. The Bertz CT molecular complexity index is 857. The van der Waals surface area contributed by atoms with Crippen molar-refractivity contribution in [3.63, 3.8) is 0 Å². The summed E-state index contributed by atoms with van der Waals surface area (Å²) in [7, 11) is 1.65. The number of likely N-dealkylation sites (tertiary alicyclic amines) is 1. The van der Waals surface area contributed by atoms with Crippen LogP contribution in [-0.4, -0.2) is 44.2 Å². The molecule has 0 spiro atoms. The van der Waals surface area contributed by atoms with Gasteiger partial charge in [0.25, 0.3) is 0 Å². The first-order valence-corrected chi connectivity index (χ1v) is 11.0. The molecule has 2 aromatic rings. The summed E-state index contributed by atoms with van der Waals surface area (Å²) in [5.41, 5.74) is 3.73. The average molecular weight is 409 g/mol. The normalized spacial score (nSPS) is 19.6. The van der Waals surface area contributed by atoms with Crippen molar-refractivity contribution in [1.82, 2.24) is 10.2 Å². The van der Waals surface area contributed by atoms with Crippen LogP contribution in [0, 0.1) is 18.8 Å². The highest BCUT2D eigenvalue weighted by molar-refractivity contribution is 5.79. The van der Waals surface area contributed by atoms with Crippen LogP contribution in [0.5, 0.6) is 11.5 Å². The summed E-state index contributed by atoms with van der Waals surface area (Å²) in [6, 6.07) is 14.6. The number of carbonyl (C=O) groups is 1. The van der Waals surface area contributed by atoms with Crippen LogP contribution in [-0.2, 0) is 17.8 Å². The molecule has 1 fully saturated rings. The van der Waals surface area contributed by atoms with Gasteiger partial charge in [-0.3, -0.25) is 9.69 Å². The average Bonchev–Trinajstić information content (AvgIpc) is 2.79. The van der Waals surface area contributed by atoms with Crippen molar-refractivity contribution in [3.8, 4) is 11.5 Å². The predicted octanol–water partition coefficient (Wildman–Crippen LogP) is 3.58. The summed E-state index contributed by atoms with van der Waals surface area (Å²) in [5, 5.41) is 3.18. The van der Waals surface area contributed by atoms with Crippen molar-refractivity contribution in [3.05, 3.63) is 59.2 Å². The molecule has 2 aliphatic rings. The topological polar surface area (TPSA) is 50.8 Å². The van der Waals surface area contributed by atoms with E-state index in [1.54, 1.807) is 7.11 Å². The number of rotatable bonds is 6. The molecule has 2 aliphatic heterocycles. The molecule has 0 aliphatic carbocycles. The van der Waals surface area contributed by atoms with E-state index in [4.69, 9.17) is 9.47 Å². The summed E-state index contributed by atoms with van der Waals surface area (Å²) in [6.45, 7) is 6.53. The lowest BCUT2D eigenvalue weighted by molar-refractivity contribution is -0.126. The lowest BCUT2D eigenvalue weighted by Crippen LogP contribution is -2.42. The first-order chi connectivity index (χ1) is 14.6. The molecule has 2 aromatic carbocycles. The van der Waals surface area contributed by atoms with E-state index < -0.39 is 0 Å². The largest absolute Gasteiger partial charge is 0.497 e. The van der Waals surface area contributed by atoms with Gasteiger partial charge in [0.1, 0.15) is 18.1 Å². The third kappa shape index (κ3) is 5.14. The molecular weight excluding hydrogens is 376 g/mol. The number of aryl methyl sites for hydroxylation is 1. The van der Waals surface area contributed by atoms with Crippen LogP contribution in [0.2, 0.25) is 0 Å². The molecule has 5 nitrogen and oxygen atoms in total. The number of hydrogen-bond acceptors (Lipinski definition) is 4. The highest BCUT2D eigenvalue weighted by Gasteiger charge is 2.27. The molecule has 0 saturated carbocycles. The Morgan fingerprint density at radius 3 is 2.67 bits per heavy atom. The van der Waals surface area contributed by atoms with E-state index in [-0.39, 0.29) is 11.8 Å². The third-order valence-electron chi connectivity index (χ3n) is 6.34. The number of ether oxygens (including phenoxy) is 2. The fourth-order valence-corrected chi connectivity index (χ4v) is 4.36. The molecule has 0 bridgehead atoms. The fraction of sp³-hybridized carbons (Fsp3) is 0.480. The van der Waals surface area contributed by atoms with Crippen LogP contribution < -0.4 is 14.8 Å². The maximum Gasteiger partial charge on any atom is 0.226 e. The molecule has 160 valence electrons. The van der Waals surface area contributed by atoms with Gasteiger partial charge >= 0.3 is 0 Å². The second-order valence-corrected chi connectivity index (χ2v) is 8.64. The molecule has 30 heavy (non-hydrogen) atoms. The van der Waals surface area contributed by atoms with Crippen LogP contribution in [0.25, 0.3) is 0 Å². The van der Waals surface area contributed by atoms with Crippen molar-refractivity contribution >= 4 is 5.91 Å². The van der Waals surface area contributed by atoms with Gasteiger partial charge in [0, 0.05) is 13.1 Å². The van der Waals surface area contributed by atoms with Gasteiger partial charge < -0.3 is 14.8 Å². The maximum absolute atomic E-state index is 12.7. The summed E-state index contributed by atoms with van der Waals surface area (Å²) in [4.78, 5) is 15.2. The first kappa shape index (κ1) is 20.7.